The van der Waals surface area contributed by atoms with E-state index in [9.17, 15) is 4.79 Å². The minimum Gasteiger partial charge on any atom is -0.486 e. The zero-order chi connectivity index (χ0) is 14.0. The Kier molecular flexibility index (Phi) is 4.31. The van der Waals surface area contributed by atoms with Gasteiger partial charge in [-0.2, -0.15) is 0 Å². The van der Waals surface area contributed by atoms with Crippen LogP contribution in [-0.2, 0) is 11.3 Å². The zero-order valence-corrected chi connectivity index (χ0v) is 12.4. The standard InChI is InChI=1S/C13H16BrNO4/c1-8(13(16)17)15(2)7-9-5-11-12(6-10(9)14)19-4-3-18-11/h5-6,8H,3-4,7H2,1-2H3,(H,16,17). The molecule has 0 bridgehead atoms. The van der Waals surface area contributed by atoms with E-state index < -0.39 is 12.0 Å². The number of rotatable bonds is 4. The average Bonchev–Trinajstić information content (AvgIpc) is 2.38. The highest BCUT2D eigenvalue weighted by Gasteiger charge is 2.20. The molecule has 6 heteroatoms. The van der Waals surface area contributed by atoms with Gasteiger partial charge in [0.05, 0.1) is 0 Å². The van der Waals surface area contributed by atoms with Crippen LogP contribution in [0.25, 0.3) is 0 Å². The minimum absolute atomic E-state index is 0.519. The predicted octanol–water partition coefficient (Wildman–Crippen LogP) is 2.13. The number of carbonyl (C=O) groups is 1. The second kappa shape index (κ2) is 5.79. The average molecular weight is 330 g/mol. The van der Waals surface area contributed by atoms with E-state index in [1.165, 1.54) is 0 Å². The Hall–Kier alpha value is -1.27. The first kappa shape index (κ1) is 14.1. The monoisotopic (exact) mass is 329 g/mol. The van der Waals surface area contributed by atoms with Crippen molar-refractivity contribution in [3.63, 3.8) is 0 Å². The lowest BCUT2D eigenvalue weighted by molar-refractivity contribution is -0.142. The number of hydrogen-bond acceptors (Lipinski definition) is 4. The summed E-state index contributed by atoms with van der Waals surface area (Å²) in [6, 6.07) is 3.22. The quantitative estimate of drug-likeness (QED) is 0.916. The SMILES string of the molecule is CC(C(=O)O)N(C)Cc1cc2c(cc1Br)OCCO2. The summed E-state index contributed by atoms with van der Waals surface area (Å²) in [4.78, 5) is 12.7. The third kappa shape index (κ3) is 3.19. The molecule has 5 nitrogen and oxygen atoms in total. The maximum Gasteiger partial charge on any atom is 0.320 e. The fourth-order valence-corrected chi connectivity index (χ4v) is 2.27. The van der Waals surface area contributed by atoms with Gasteiger partial charge in [-0.3, -0.25) is 9.69 Å². The van der Waals surface area contributed by atoms with E-state index in [0.717, 1.165) is 15.8 Å². The molecule has 0 saturated carbocycles. The number of nitrogens with zero attached hydrogens (tertiary/aromatic N) is 1. The molecule has 1 aromatic rings. The van der Waals surface area contributed by atoms with E-state index in [1.54, 1.807) is 18.9 Å². The highest BCUT2D eigenvalue weighted by molar-refractivity contribution is 9.10. The van der Waals surface area contributed by atoms with Crippen molar-refractivity contribution in [3.05, 3.63) is 22.2 Å². The largest absolute Gasteiger partial charge is 0.486 e. The summed E-state index contributed by atoms with van der Waals surface area (Å²) >= 11 is 3.48. The molecule has 1 atom stereocenters. The summed E-state index contributed by atoms with van der Waals surface area (Å²) in [5.74, 6) is 0.591. The molecule has 1 aliphatic heterocycles. The molecule has 1 N–H and O–H groups in total. The number of ether oxygens (including phenoxy) is 2. The summed E-state index contributed by atoms with van der Waals surface area (Å²) in [5, 5.41) is 8.99. The maximum absolute atomic E-state index is 11.0. The van der Waals surface area contributed by atoms with Crippen molar-refractivity contribution in [3.8, 4) is 11.5 Å². The number of carboxylic acids is 1. The Bertz CT molecular complexity index is 492. The summed E-state index contributed by atoms with van der Waals surface area (Å²) in [6.07, 6.45) is 0. The Morgan fingerprint density at radius 1 is 1.42 bits per heavy atom. The van der Waals surface area contributed by atoms with Gasteiger partial charge in [-0.05, 0) is 31.7 Å². The van der Waals surface area contributed by atoms with Crippen molar-refractivity contribution < 1.29 is 19.4 Å². The first-order valence-electron chi connectivity index (χ1n) is 6.00. The van der Waals surface area contributed by atoms with Crippen molar-refractivity contribution >= 4 is 21.9 Å². The van der Waals surface area contributed by atoms with Crippen molar-refractivity contribution in [2.75, 3.05) is 20.3 Å². The van der Waals surface area contributed by atoms with Gasteiger partial charge >= 0.3 is 5.97 Å². The van der Waals surface area contributed by atoms with Crippen LogP contribution < -0.4 is 9.47 Å². The van der Waals surface area contributed by atoms with Gasteiger partial charge in [0.15, 0.2) is 11.5 Å². The summed E-state index contributed by atoms with van der Waals surface area (Å²) in [7, 11) is 1.78. The fraction of sp³-hybridized carbons (Fsp3) is 0.462. The van der Waals surface area contributed by atoms with Gasteiger partial charge < -0.3 is 14.6 Å². The van der Waals surface area contributed by atoms with Crippen LogP contribution in [0.5, 0.6) is 11.5 Å². The lowest BCUT2D eigenvalue weighted by Gasteiger charge is -2.24. The summed E-state index contributed by atoms with van der Waals surface area (Å²) in [5.41, 5.74) is 0.972. The number of benzene rings is 1. The highest BCUT2D eigenvalue weighted by Crippen LogP contribution is 2.36. The molecular formula is C13H16BrNO4. The molecule has 1 aromatic carbocycles. The number of fused-ring (bicyclic) bond motifs is 1. The van der Waals surface area contributed by atoms with Crippen LogP contribution in [-0.4, -0.2) is 42.3 Å². The van der Waals surface area contributed by atoms with Crippen molar-refractivity contribution in [1.82, 2.24) is 4.90 Å². The van der Waals surface area contributed by atoms with Crippen LogP contribution >= 0.6 is 15.9 Å². The number of halogens is 1. The summed E-state index contributed by atoms with van der Waals surface area (Å²) < 4.78 is 11.9. The number of hydrogen-bond donors (Lipinski definition) is 1. The Morgan fingerprint density at radius 3 is 2.58 bits per heavy atom. The van der Waals surface area contributed by atoms with Crippen molar-refractivity contribution in [2.45, 2.75) is 19.5 Å². The van der Waals surface area contributed by atoms with E-state index in [4.69, 9.17) is 14.6 Å². The molecule has 19 heavy (non-hydrogen) atoms. The molecular weight excluding hydrogens is 314 g/mol. The maximum atomic E-state index is 11.0. The molecule has 0 radical (unpaired) electrons. The number of carboxylic acid groups (broad SMARTS) is 1. The van der Waals surface area contributed by atoms with E-state index in [0.29, 0.717) is 25.5 Å². The van der Waals surface area contributed by atoms with E-state index in [2.05, 4.69) is 15.9 Å². The van der Waals surface area contributed by atoms with Crippen LogP contribution in [0.1, 0.15) is 12.5 Å². The van der Waals surface area contributed by atoms with E-state index in [-0.39, 0.29) is 0 Å². The Labute approximate surface area is 120 Å². The molecule has 0 spiro atoms. The fourth-order valence-electron chi connectivity index (χ4n) is 1.82. The summed E-state index contributed by atoms with van der Waals surface area (Å²) in [6.45, 7) is 3.27. The second-order valence-corrected chi connectivity index (χ2v) is 5.37. The number of aliphatic carboxylic acids is 1. The third-order valence-corrected chi connectivity index (χ3v) is 3.89. The van der Waals surface area contributed by atoms with Crippen LogP contribution in [0, 0.1) is 0 Å². The van der Waals surface area contributed by atoms with E-state index >= 15 is 0 Å². The van der Waals surface area contributed by atoms with Gasteiger partial charge in [-0.15, -0.1) is 0 Å². The number of likely N-dealkylation sites (N-methyl/N-ethyl adjacent to an activating group) is 1. The predicted molar refractivity (Wildman–Crippen MR) is 73.7 cm³/mol. The van der Waals surface area contributed by atoms with Crippen LogP contribution in [0.2, 0.25) is 0 Å². The Balaban J connectivity index is 2.18. The zero-order valence-electron chi connectivity index (χ0n) is 10.9. The lowest BCUT2D eigenvalue weighted by atomic mass is 10.1. The molecule has 0 amide bonds. The van der Waals surface area contributed by atoms with Crippen LogP contribution in [0.3, 0.4) is 0 Å². The topological polar surface area (TPSA) is 59.0 Å². The molecule has 0 aromatic heterocycles. The highest BCUT2D eigenvalue weighted by atomic mass is 79.9. The van der Waals surface area contributed by atoms with Crippen LogP contribution in [0.4, 0.5) is 0 Å². The third-order valence-electron chi connectivity index (χ3n) is 3.15. The van der Waals surface area contributed by atoms with Crippen molar-refractivity contribution in [1.29, 1.82) is 0 Å². The molecule has 1 unspecified atom stereocenters. The first-order valence-corrected chi connectivity index (χ1v) is 6.79. The van der Waals surface area contributed by atoms with Gasteiger partial charge in [0.1, 0.15) is 19.3 Å². The smallest absolute Gasteiger partial charge is 0.320 e. The van der Waals surface area contributed by atoms with Gasteiger partial charge in [0.25, 0.3) is 0 Å². The van der Waals surface area contributed by atoms with E-state index in [1.807, 2.05) is 12.1 Å². The molecule has 0 saturated heterocycles. The molecule has 0 fully saturated rings. The molecule has 1 aliphatic rings. The normalized spacial score (nSPS) is 15.4. The van der Waals surface area contributed by atoms with Gasteiger partial charge in [-0.1, -0.05) is 15.9 Å². The molecule has 2 rings (SSSR count). The second-order valence-electron chi connectivity index (χ2n) is 4.52. The Morgan fingerprint density at radius 2 is 2.00 bits per heavy atom. The van der Waals surface area contributed by atoms with Crippen molar-refractivity contribution in [2.24, 2.45) is 0 Å². The molecule has 1 heterocycles. The van der Waals surface area contributed by atoms with Gasteiger partial charge in [-0.25, -0.2) is 0 Å². The minimum atomic E-state index is -0.837. The first-order chi connectivity index (χ1) is 8.99. The molecule has 0 aliphatic carbocycles. The molecule has 104 valence electrons. The lowest BCUT2D eigenvalue weighted by Crippen LogP contribution is -2.35. The van der Waals surface area contributed by atoms with Gasteiger partial charge in [0, 0.05) is 11.0 Å². The van der Waals surface area contributed by atoms with Gasteiger partial charge in [0.2, 0.25) is 0 Å². The van der Waals surface area contributed by atoms with Crippen LogP contribution in [0.15, 0.2) is 16.6 Å².